The number of alkyl halides is 1. The second-order valence-electron chi connectivity index (χ2n) is 11.3. The van der Waals surface area contributed by atoms with Gasteiger partial charge in [0.05, 0.1) is 18.1 Å². The zero-order chi connectivity index (χ0) is 28.3. The molecule has 41 heavy (non-hydrogen) atoms. The normalized spacial score (nSPS) is 25.1. The average Bonchev–Trinajstić information content (AvgIpc) is 3.53. The van der Waals surface area contributed by atoms with Gasteiger partial charge in [0, 0.05) is 63.5 Å². The summed E-state index contributed by atoms with van der Waals surface area (Å²) in [4.78, 5) is 6.78. The van der Waals surface area contributed by atoms with Gasteiger partial charge in [-0.15, -0.1) is 5.10 Å². The highest BCUT2D eigenvalue weighted by Crippen LogP contribution is 2.36. The summed E-state index contributed by atoms with van der Waals surface area (Å²) >= 11 is 0. The van der Waals surface area contributed by atoms with Gasteiger partial charge < -0.3 is 14.8 Å². The molecule has 0 spiro atoms. The number of nitrogens with zero attached hydrogens (tertiary/aromatic N) is 6. The summed E-state index contributed by atoms with van der Waals surface area (Å²) in [5, 5.41) is 16.0. The van der Waals surface area contributed by atoms with Crippen LogP contribution in [0.5, 0.6) is 0 Å². The number of likely N-dealkylation sites (tertiary alicyclic amines) is 1. The number of hydrogen-bond donors (Lipinski definition) is 1. The lowest BCUT2D eigenvalue weighted by Gasteiger charge is -2.30. The van der Waals surface area contributed by atoms with Crippen LogP contribution >= 0.6 is 0 Å². The largest absolute Gasteiger partial charge is 0.473 e. The first-order valence-corrected chi connectivity index (χ1v) is 14.7. The van der Waals surface area contributed by atoms with E-state index in [0.717, 1.165) is 72.3 Å². The van der Waals surface area contributed by atoms with Gasteiger partial charge in [0.25, 0.3) is 0 Å². The van der Waals surface area contributed by atoms with E-state index < -0.39 is 6.17 Å². The number of hydrazone groups is 1. The number of rotatable bonds is 8. The van der Waals surface area contributed by atoms with Crippen LogP contribution in [0.25, 0.3) is 22.2 Å². The molecule has 4 heterocycles. The summed E-state index contributed by atoms with van der Waals surface area (Å²) in [5.41, 5.74) is 4.24. The number of aromatic nitrogens is 3. The lowest BCUT2D eigenvalue weighted by atomic mass is 9.93. The Morgan fingerprint density at radius 3 is 2.61 bits per heavy atom. The number of benzene rings is 1. The maximum absolute atomic E-state index is 14.1. The molecule has 2 aliphatic heterocycles. The van der Waals surface area contributed by atoms with Gasteiger partial charge in [-0.25, -0.2) is 9.37 Å². The summed E-state index contributed by atoms with van der Waals surface area (Å²) in [6.07, 6.45) is 8.76. The van der Waals surface area contributed by atoms with Crippen molar-refractivity contribution in [2.45, 2.75) is 63.6 Å². The first-order valence-electron chi connectivity index (χ1n) is 14.7. The fourth-order valence-corrected chi connectivity index (χ4v) is 6.18. The molecule has 1 aliphatic carbocycles. The van der Waals surface area contributed by atoms with Crippen molar-refractivity contribution < 1.29 is 13.9 Å². The average molecular weight is 562 g/mol. The SMILES string of the molecule is CCNc1cc2c(cn1)c(-c1ccc(CN3C[C@H](OC)[C@@H](F)C3)cc1)nn2C1CCC(OC2=NN(C)CC=C2)CC1. The maximum Gasteiger partial charge on any atom is 0.230 e. The molecule has 6 rings (SSSR count). The number of nitrogens with one attached hydrogen (secondary N) is 1. The van der Waals surface area contributed by atoms with Gasteiger partial charge in [-0.1, -0.05) is 30.3 Å². The van der Waals surface area contributed by atoms with Crippen molar-refractivity contribution in [1.82, 2.24) is 24.7 Å². The fourth-order valence-electron chi connectivity index (χ4n) is 6.18. The van der Waals surface area contributed by atoms with E-state index in [1.165, 1.54) is 0 Å². The van der Waals surface area contributed by atoms with Gasteiger partial charge >= 0.3 is 0 Å². The summed E-state index contributed by atoms with van der Waals surface area (Å²) in [6, 6.07) is 10.9. The van der Waals surface area contributed by atoms with Gasteiger partial charge in [0.1, 0.15) is 29.9 Å². The topological polar surface area (TPSA) is 80.0 Å². The van der Waals surface area contributed by atoms with Crippen molar-refractivity contribution in [3.63, 3.8) is 0 Å². The smallest absolute Gasteiger partial charge is 0.230 e. The molecule has 1 saturated carbocycles. The molecular formula is C31H40FN7O2. The summed E-state index contributed by atoms with van der Waals surface area (Å²) in [5.74, 6) is 1.56. The Kier molecular flexibility index (Phi) is 8.20. The van der Waals surface area contributed by atoms with Crippen molar-refractivity contribution in [3.05, 3.63) is 54.2 Å². The standard InChI is InChI=1S/C31H40FN7O2/c1-4-33-29-16-27-25(17-34-29)31(22-9-7-21(8-10-22)18-38-19-26(32)28(20-38)40-3)36-39(27)23-11-13-24(14-12-23)41-30-6-5-15-37(2)35-30/h5-10,16-17,23-24,26,28H,4,11-15,18-20H2,1-3H3,(H,33,34)/t23?,24?,26-,28-/m0/s1. The predicted octanol–water partition coefficient (Wildman–Crippen LogP) is 5.01. The minimum Gasteiger partial charge on any atom is -0.473 e. The van der Waals surface area contributed by atoms with Crippen molar-refractivity contribution >= 4 is 22.6 Å². The second kappa shape index (κ2) is 12.2. The summed E-state index contributed by atoms with van der Waals surface area (Å²) in [6.45, 7) is 5.42. The van der Waals surface area contributed by atoms with Crippen molar-refractivity contribution in [2.24, 2.45) is 5.10 Å². The molecule has 1 saturated heterocycles. The van der Waals surface area contributed by atoms with Crippen LogP contribution < -0.4 is 5.32 Å². The number of fused-ring (bicyclic) bond motifs is 1. The zero-order valence-corrected chi connectivity index (χ0v) is 24.2. The fraction of sp³-hybridized carbons (Fsp3) is 0.516. The number of methoxy groups -OCH3 is 1. The molecule has 0 unspecified atom stereocenters. The molecular weight excluding hydrogens is 521 g/mol. The summed E-state index contributed by atoms with van der Waals surface area (Å²) in [7, 11) is 3.54. The Bertz CT molecular complexity index is 1400. The number of anilines is 1. The molecule has 1 N–H and O–H groups in total. The third-order valence-corrected chi connectivity index (χ3v) is 8.34. The monoisotopic (exact) mass is 561 g/mol. The van der Waals surface area contributed by atoms with Gasteiger partial charge in [0.2, 0.25) is 5.90 Å². The summed E-state index contributed by atoms with van der Waals surface area (Å²) < 4.78 is 27.8. The van der Waals surface area contributed by atoms with Gasteiger partial charge in [0.15, 0.2) is 0 Å². The molecule has 10 heteroatoms. The van der Waals surface area contributed by atoms with E-state index in [0.29, 0.717) is 25.5 Å². The molecule has 218 valence electrons. The molecule has 9 nitrogen and oxygen atoms in total. The Morgan fingerprint density at radius 1 is 1.10 bits per heavy atom. The van der Waals surface area contributed by atoms with Crippen LogP contribution in [0.1, 0.15) is 44.2 Å². The minimum absolute atomic E-state index is 0.163. The molecule has 2 fully saturated rings. The number of hydrogen-bond acceptors (Lipinski definition) is 8. The zero-order valence-electron chi connectivity index (χ0n) is 24.2. The van der Waals surface area contributed by atoms with Crippen molar-refractivity contribution in [2.75, 3.05) is 45.7 Å². The van der Waals surface area contributed by atoms with Gasteiger partial charge in [-0.3, -0.25) is 14.6 Å². The molecule has 3 aromatic rings. The van der Waals surface area contributed by atoms with E-state index in [1.807, 2.05) is 24.3 Å². The van der Waals surface area contributed by atoms with Crippen LogP contribution in [0.3, 0.4) is 0 Å². The molecule has 2 atom stereocenters. The van der Waals surface area contributed by atoms with Crippen molar-refractivity contribution in [1.29, 1.82) is 0 Å². The van der Waals surface area contributed by atoms with E-state index in [4.69, 9.17) is 14.6 Å². The number of pyridine rings is 1. The van der Waals surface area contributed by atoms with Gasteiger partial charge in [-0.05, 0) is 44.2 Å². The molecule has 0 amide bonds. The lowest BCUT2D eigenvalue weighted by molar-refractivity contribution is 0.0621. The van der Waals surface area contributed by atoms with Crippen LogP contribution in [0.15, 0.2) is 53.8 Å². The first-order chi connectivity index (χ1) is 20.0. The number of likely N-dealkylation sites (N-methyl/N-ethyl adjacent to an activating group) is 1. The molecule has 0 bridgehead atoms. The highest BCUT2D eigenvalue weighted by atomic mass is 19.1. The van der Waals surface area contributed by atoms with Crippen LogP contribution in [0.2, 0.25) is 0 Å². The second-order valence-corrected chi connectivity index (χ2v) is 11.3. The lowest BCUT2D eigenvalue weighted by Crippen LogP contribution is -2.28. The van der Waals surface area contributed by atoms with E-state index in [1.54, 1.807) is 7.11 Å². The maximum atomic E-state index is 14.1. The van der Waals surface area contributed by atoms with Crippen LogP contribution in [0, 0.1) is 0 Å². The van der Waals surface area contributed by atoms with E-state index >= 15 is 0 Å². The number of ether oxygens (including phenoxy) is 2. The van der Waals surface area contributed by atoms with Crippen LogP contribution in [-0.2, 0) is 16.0 Å². The van der Waals surface area contributed by atoms with Crippen LogP contribution in [-0.4, -0.2) is 89.3 Å². The predicted molar refractivity (Wildman–Crippen MR) is 160 cm³/mol. The van der Waals surface area contributed by atoms with Gasteiger partial charge in [-0.2, -0.15) is 5.10 Å². The third kappa shape index (κ3) is 6.08. The Hall–Kier alpha value is -3.50. The molecule has 1 aromatic carbocycles. The molecule has 2 aromatic heterocycles. The minimum atomic E-state index is -0.935. The van der Waals surface area contributed by atoms with E-state index in [9.17, 15) is 4.39 Å². The number of halogens is 1. The Balaban J connectivity index is 1.20. The third-order valence-electron chi connectivity index (χ3n) is 8.34. The highest BCUT2D eigenvalue weighted by Gasteiger charge is 2.32. The molecule has 0 radical (unpaired) electrons. The molecule has 3 aliphatic rings. The van der Waals surface area contributed by atoms with E-state index in [-0.39, 0.29) is 18.2 Å². The highest BCUT2D eigenvalue weighted by molar-refractivity contribution is 5.94. The Labute approximate surface area is 241 Å². The Morgan fingerprint density at radius 2 is 1.90 bits per heavy atom. The van der Waals surface area contributed by atoms with E-state index in [2.05, 4.69) is 68.3 Å². The van der Waals surface area contributed by atoms with Crippen molar-refractivity contribution in [3.8, 4) is 11.3 Å². The quantitative estimate of drug-likeness (QED) is 0.414. The first kappa shape index (κ1) is 27.7. The van der Waals surface area contributed by atoms with Crippen LogP contribution in [0.4, 0.5) is 10.2 Å².